The smallest absolute Gasteiger partial charge is 0.272 e. The van der Waals surface area contributed by atoms with Gasteiger partial charge in [-0.3, -0.25) is 9.48 Å². The molecule has 6 heteroatoms. The highest BCUT2D eigenvalue weighted by molar-refractivity contribution is 6.31. The van der Waals surface area contributed by atoms with Crippen LogP contribution in [0.25, 0.3) is 0 Å². The molecule has 2 heterocycles. The van der Waals surface area contributed by atoms with Crippen molar-refractivity contribution in [2.24, 2.45) is 0 Å². The van der Waals surface area contributed by atoms with Crippen molar-refractivity contribution in [1.82, 2.24) is 14.7 Å². The number of carbonyl (C=O) groups is 1. The van der Waals surface area contributed by atoms with Crippen molar-refractivity contribution >= 4 is 17.5 Å². The van der Waals surface area contributed by atoms with Gasteiger partial charge in [-0.2, -0.15) is 5.10 Å². The molecule has 4 nitrogen and oxygen atoms in total. The largest absolute Gasteiger partial charge is 0.331 e. The number of halogens is 2. The van der Waals surface area contributed by atoms with Gasteiger partial charge in [0.05, 0.1) is 12.7 Å². The molecule has 1 aliphatic rings. The number of aromatic nitrogens is 2. The molecule has 1 aliphatic heterocycles. The van der Waals surface area contributed by atoms with E-state index in [1.54, 1.807) is 15.6 Å². The van der Waals surface area contributed by atoms with Gasteiger partial charge in [0.1, 0.15) is 12.4 Å². The number of hydrogen-bond donors (Lipinski definition) is 0. The van der Waals surface area contributed by atoms with E-state index in [0.717, 1.165) is 5.56 Å². The SMILES string of the molecule is O=C1c2c(CF)cnn2CCN1Cc1ccccc1Cl. The Bertz CT molecular complexity index is 642. The molecule has 0 atom stereocenters. The molecule has 0 bridgehead atoms. The molecular formula is C14H13ClFN3O. The lowest BCUT2D eigenvalue weighted by molar-refractivity contribution is 0.0681. The van der Waals surface area contributed by atoms with Crippen LogP contribution in [-0.2, 0) is 19.8 Å². The fraction of sp³-hybridized carbons (Fsp3) is 0.286. The Morgan fingerprint density at radius 2 is 2.05 bits per heavy atom. The van der Waals surface area contributed by atoms with Gasteiger partial charge in [0.25, 0.3) is 5.91 Å². The Morgan fingerprint density at radius 1 is 1.25 bits per heavy atom. The van der Waals surface area contributed by atoms with Crippen LogP contribution in [0.5, 0.6) is 0 Å². The fourth-order valence-electron chi connectivity index (χ4n) is 2.39. The number of amides is 1. The minimum absolute atomic E-state index is 0.193. The molecule has 0 N–H and O–H groups in total. The third kappa shape index (κ3) is 2.18. The van der Waals surface area contributed by atoms with Crippen LogP contribution in [-0.4, -0.2) is 27.1 Å². The van der Waals surface area contributed by atoms with Gasteiger partial charge in [-0.1, -0.05) is 29.8 Å². The molecule has 1 aromatic carbocycles. The summed E-state index contributed by atoms with van der Waals surface area (Å²) in [7, 11) is 0. The van der Waals surface area contributed by atoms with Gasteiger partial charge in [-0.15, -0.1) is 0 Å². The predicted molar refractivity (Wildman–Crippen MR) is 73.2 cm³/mol. The molecule has 0 unspecified atom stereocenters. The third-order valence-corrected chi connectivity index (χ3v) is 3.82. The summed E-state index contributed by atoms with van der Waals surface area (Å²) in [6.07, 6.45) is 1.42. The molecule has 0 fully saturated rings. The van der Waals surface area contributed by atoms with Crippen molar-refractivity contribution in [2.45, 2.75) is 19.8 Å². The Hall–Kier alpha value is -1.88. The predicted octanol–water partition coefficient (Wildman–Crippen LogP) is 2.66. The normalized spacial score (nSPS) is 14.5. The number of nitrogens with zero attached hydrogens (tertiary/aromatic N) is 3. The van der Waals surface area contributed by atoms with E-state index in [2.05, 4.69) is 5.10 Å². The highest BCUT2D eigenvalue weighted by Crippen LogP contribution is 2.22. The number of rotatable bonds is 3. The van der Waals surface area contributed by atoms with Gasteiger partial charge in [0.2, 0.25) is 0 Å². The minimum Gasteiger partial charge on any atom is -0.331 e. The van der Waals surface area contributed by atoms with Crippen LogP contribution in [0, 0.1) is 0 Å². The van der Waals surface area contributed by atoms with Crippen LogP contribution in [0.1, 0.15) is 21.6 Å². The van der Waals surface area contributed by atoms with Crippen molar-refractivity contribution in [3.05, 3.63) is 52.3 Å². The first kappa shape index (κ1) is 13.1. The summed E-state index contributed by atoms with van der Waals surface area (Å²) in [6.45, 7) is 0.867. The van der Waals surface area contributed by atoms with E-state index in [4.69, 9.17) is 11.6 Å². The number of hydrogen-bond acceptors (Lipinski definition) is 2. The van der Waals surface area contributed by atoms with Gasteiger partial charge in [0, 0.05) is 23.7 Å². The lowest BCUT2D eigenvalue weighted by Crippen LogP contribution is -2.40. The molecule has 20 heavy (non-hydrogen) atoms. The topological polar surface area (TPSA) is 38.1 Å². The van der Waals surface area contributed by atoms with Crippen molar-refractivity contribution in [3.8, 4) is 0 Å². The van der Waals surface area contributed by atoms with E-state index in [-0.39, 0.29) is 5.91 Å². The minimum atomic E-state index is -0.680. The summed E-state index contributed by atoms with van der Waals surface area (Å²) in [5, 5.41) is 4.67. The summed E-state index contributed by atoms with van der Waals surface area (Å²) < 4.78 is 14.5. The van der Waals surface area contributed by atoms with Crippen molar-refractivity contribution < 1.29 is 9.18 Å². The van der Waals surface area contributed by atoms with Crippen molar-refractivity contribution in [3.63, 3.8) is 0 Å². The van der Waals surface area contributed by atoms with E-state index < -0.39 is 6.67 Å². The maximum absolute atomic E-state index is 12.9. The molecule has 1 aromatic heterocycles. The van der Waals surface area contributed by atoms with Gasteiger partial charge < -0.3 is 4.90 Å². The first-order valence-electron chi connectivity index (χ1n) is 6.34. The lowest BCUT2D eigenvalue weighted by atomic mass is 10.1. The van der Waals surface area contributed by atoms with Crippen LogP contribution in [0.4, 0.5) is 4.39 Å². The molecule has 0 saturated carbocycles. The molecule has 0 spiro atoms. The van der Waals surface area contributed by atoms with E-state index in [9.17, 15) is 9.18 Å². The second-order valence-corrected chi connectivity index (χ2v) is 5.10. The Balaban J connectivity index is 1.87. The van der Waals surface area contributed by atoms with Gasteiger partial charge in [-0.25, -0.2) is 4.39 Å². The summed E-state index contributed by atoms with van der Waals surface area (Å²) >= 11 is 6.11. The zero-order chi connectivity index (χ0) is 14.1. The molecule has 0 aliphatic carbocycles. The maximum Gasteiger partial charge on any atom is 0.272 e. The molecule has 1 amide bonds. The van der Waals surface area contributed by atoms with Crippen molar-refractivity contribution in [2.75, 3.05) is 6.54 Å². The number of alkyl halides is 1. The average molecular weight is 294 g/mol. The molecule has 0 radical (unpaired) electrons. The van der Waals surface area contributed by atoms with Gasteiger partial charge in [0.15, 0.2) is 0 Å². The van der Waals surface area contributed by atoms with Gasteiger partial charge >= 0.3 is 0 Å². The van der Waals surface area contributed by atoms with E-state index in [0.29, 0.717) is 35.9 Å². The fourth-order valence-corrected chi connectivity index (χ4v) is 2.58. The van der Waals surface area contributed by atoms with Crippen LogP contribution in [0.15, 0.2) is 30.5 Å². The Morgan fingerprint density at radius 3 is 2.80 bits per heavy atom. The van der Waals surface area contributed by atoms with Gasteiger partial charge in [-0.05, 0) is 11.6 Å². The van der Waals surface area contributed by atoms with Crippen LogP contribution in [0.3, 0.4) is 0 Å². The maximum atomic E-state index is 12.9. The summed E-state index contributed by atoms with van der Waals surface area (Å²) in [5.41, 5.74) is 1.59. The van der Waals surface area contributed by atoms with Crippen LogP contribution in [0.2, 0.25) is 5.02 Å². The summed E-state index contributed by atoms with van der Waals surface area (Å²) in [6, 6.07) is 7.41. The number of fused-ring (bicyclic) bond motifs is 1. The Labute approximate surface area is 120 Å². The molecule has 104 valence electrons. The molecule has 3 rings (SSSR count). The summed E-state index contributed by atoms with van der Waals surface area (Å²) in [5.74, 6) is -0.193. The van der Waals surface area contributed by atoms with Crippen LogP contribution >= 0.6 is 11.6 Å². The standard InChI is InChI=1S/C14H13ClFN3O/c15-12-4-2-1-3-10(12)9-18-5-6-19-13(14(18)20)11(7-16)8-17-19/h1-4,8H,5-7,9H2. The zero-order valence-electron chi connectivity index (χ0n) is 10.7. The first-order valence-corrected chi connectivity index (χ1v) is 6.72. The van der Waals surface area contributed by atoms with Crippen LogP contribution < -0.4 is 0 Å². The average Bonchev–Trinajstić information content (AvgIpc) is 2.88. The highest BCUT2D eigenvalue weighted by Gasteiger charge is 2.28. The molecule has 2 aromatic rings. The lowest BCUT2D eigenvalue weighted by Gasteiger charge is -2.28. The zero-order valence-corrected chi connectivity index (χ0v) is 11.5. The summed E-state index contributed by atoms with van der Waals surface area (Å²) in [4.78, 5) is 14.1. The number of carbonyl (C=O) groups excluding carboxylic acids is 1. The quantitative estimate of drug-likeness (QED) is 0.872. The van der Waals surface area contributed by atoms with E-state index in [1.165, 1.54) is 6.20 Å². The number of benzene rings is 1. The van der Waals surface area contributed by atoms with Crippen molar-refractivity contribution in [1.29, 1.82) is 0 Å². The highest BCUT2D eigenvalue weighted by atomic mass is 35.5. The second kappa shape index (κ2) is 5.25. The molecular weight excluding hydrogens is 281 g/mol. The first-order chi connectivity index (χ1) is 9.70. The third-order valence-electron chi connectivity index (χ3n) is 3.45. The van der Waals surface area contributed by atoms with E-state index in [1.807, 2.05) is 18.2 Å². The second-order valence-electron chi connectivity index (χ2n) is 4.69. The monoisotopic (exact) mass is 293 g/mol. The Kier molecular flexibility index (Phi) is 3.44. The molecule has 0 saturated heterocycles. The van der Waals surface area contributed by atoms with E-state index >= 15 is 0 Å².